The molecule has 3 heteroatoms. The molecule has 0 fully saturated rings. The molecule has 0 unspecified atom stereocenters. The van der Waals surface area contributed by atoms with Crippen LogP contribution in [-0.2, 0) is 0 Å². The summed E-state index contributed by atoms with van der Waals surface area (Å²) in [5.41, 5.74) is 15.5. The molecule has 0 amide bonds. The van der Waals surface area contributed by atoms with Gasteiger partial charge in [0.05, 0.1) is 33.6 Å². The van der Waals surface area contributed by atoms with Crippen LogP contribution >= 0.6 is 0 Å². The second kappa shape index (κ2) is 13.6. The normalized spacial score (nSPS) is 11.5. The highest BCUT2D eigenvalue weighted by Crippen LogP contribution is 2.33. The fraction of sp³-hybridized carbons (Fsp3) is 0.0200. The van der Waals surface area contributed by atoms with Crippen molar-refractivity contribution in [2.45, 2.75) is 6.92 Å². The summed E-state index contributed by atoms with van der Waals surface area (Å²) in [5.74, 6) is 0. The van der Waals surface area contributed by atoms with Gasteiger partial charge in [-0.25, -0.2) is 15.0 Å². The molecule has 0 saturated carbocycles. The van der Waals surface area contributed by atoms with Gasteiger partial charge >= 0.3 is 0 Å². The van der Waals surface area contributed by atoms with Gasteiger partial charge in [-0.2, -0.15) is 0 Å². The molecular formula is C50H35N3. The monoisotopic (exact) mass is 677 g/mol. The number of fused-ring (bicyclic) bond motifs is 4. The lowest BCUT2D eigenvalue weighted by molar-refractivity contribution is 1.35. The standard InChI is InChI=1S/C50H35N3/c1-33(35-11-5-3-6-12-35)19-20-36-21-22-38-25-29-46(51-48(38)34(36)2)43-17-9-15-41(31-43)42-16-10-18-44(32-42)47-30-27-40-24-23-39-26-28-45(37-13-7-4-8-14-37)52-49(39)50(40)53-47/h3-32H,1H2,2H3/b20-19-. The molecule has 0 aliphatic rings. The third-order valence-corrected chi connectivity index (χ3v) is 10.0. The molecule has 0 atom stereocenters. The Morgan fingerprint density at radius 2 is 0.868 bits per heavy atom. The Morgan fingerprint density at radius 1 is 0.434 bits per heavy atom. The molecule has 0 saturated heterocycles. The van der Waals surface area contributed by atoms with E-state index in [1.807, 2.05) is 36.4 Å². The number of pyridine rings is 3. The molecule has 0 aliphatic heterocycles. The van der Waals surface area contributed by atoms with Crippen molar-refractivity contribution in [2.24, 2.45) is 0 Å². The molecule has 3 heterocycles. The van der Waals surface area contributed by atoms with E-state index in [1.54, 1.807) is 0 Å². The van der Waals surface area contributed by atoms with Gasteiger partial charge in [0.15, 0.2) is 0 Å². The average Bonchev–Trinajstić information content (AvgIpc) is 3.23. The molecule has 0 aliphatic carbocycles. The number of benzene rings is 6. The minimum absolute atomic E-state index is 0.905. The fourth-order valence-electron chi connectivity index (χ4n) is 7.04. The summed E-state index contributed by atoms with van der Waals surface area (Å²) in [7, 11) is 0. The van der Waals surface area contributed by atoms with E-state index in [1.165, 1.54) is 0 Å². The van der Waals surface area contributed by atoms with Crippen molar-refractivity contribution in [1.82, 2.24) is 15.0 Å². The van der Waals surface area contributed by atoms with Gasteiger partial charge in [-0.15, -0.1) is 0 Å². The van der Waals surface area contributed by atoms with Crippen LogP contribution in [0.15, 0.2) is 183 Å². The number of hydrogen-bond acceptors (Lipinski definition) is 3. The Hall–Kier alpha value is -6.97. The van der Waals surface area contributed by atoms with Gasteiger partial charge in [0.1, 0.15) is 0 Å². The van der Waals surface area contributed by atoms with Crippen LogP contribution in [-0.4, -0.2) is 15.0 Å². The topological polar surface area (TPSA) is 38.7 Å². The van der Waals surface area contributed by atoms with E-state index < -0.39 is 0 Å². The van der Waals surface area contributed by atoms with Crippen LogP contribution in [0.25, 0.3) is 89.3 Å². The highest BCUT2D eigenvalue weighted by atomic mass is 14.8. The second-order valence-corrected chi connectivity index (χ2v) is 13.4. The highest BCUT2D eigenvalue weighted by molar-refractivity contribution is 6.04. The van der Waals surface area contributed by atoms with E-state index in [4.69, 9.17) is 15.0 Å². The maximum atomic E-state index is 5.21. The lowest BCUT2D eigenvalue weighted by atomic mass is 9.97. The molecule has 9 aromatic rings. The maximum absolute atomic E-state index is 5.21. The molecule has 9 rings (SSSR count). The summed E-state index contributed by atoms with van der Waals surface area (Å²) >= 11 is 0. The van der Waals surface area contributed by atoms with E-state index in [0.717, 1.165) is 99.9 Å². The zero-order chi connectivity index (χ0) is 35.7. The van der Waals surface area contributed by atoms with Gasteiger partial charge in [-0.3, -0.25) is 0 Å². The van der Waals surface area contributed by atoms with Crippen LogP contribution in [0.5, 0.6) is 0 Å². The van der Waals surface area contributed by atoms with Crippen molar-refractivity contribution in [3.8, 4) is 44.9 Å². The lowest BCUT2D eigenvalue weighted by Crippen LogP contribution is -1.92. The summed E-state index contributed by atoms with van der Waals surface area (Å²) in [4.78, 5) is 15.5. The zero-order valence-electron chi connectivity index (χ0n) is 29.4. The van der Waals surface area contributed by atoms with Crippen molar-refractivity contribution in [3.05, 3.63) is 199 Å². The lowest BCUT2D eigenvalue weighted by Gasteiger charge is -2.11. The molecule has 53 heavy (non-hydrogen) atoms. The van der Waals surface area contributed by atoms with Gasteiger partial charge in [0, 0.05) is 32.8 Å². The molecule has 0 spiro atoms. The Bertz CT molecular complexity index is 2850. The molecule has 3 nitrogen and oxygen atoms in total. The third-order valence-electron chi connectivity index (χ3n) is 10.0. The summed E-state index contributed by atoms with van der Waals surface area (Å²) in [5, 5.41) is 3.27. The largest absolute Gasteiger partial charge is 0.247 e. The molecular weight excluding hydrogens is 643 g/mol. The van der Waals surface area contributed by atoms with Crippen molar-refractivity contribution in [1.29, 1.82) is 0 Å². The van der Waals surface area contributed by atoms with Gasteiger partial charge in [-0.05, 0) is 70.6 Å². The second-order valence-electron chi connectivity index (χ2n) is 13.4. The van der Waals surface area contributed by atoms with E-state index in [9.17, 15) is 0 Å². The summed E-state index contributed by atoms with van der Waals surface area (Å²) in [6.45, 7) is 6.42. The third kappa shape index (κ3) is 6.30. The number of hydrogen-bond donors (Lipinski definition) is 0. The Morgan fingerprint density at radius 3 is 1.45 bits per heavy atom. The first-order valence-corrected chi connectivity index (χ1v) is 17.9. The first-order valence-electron chi connectivity index (χ1n) is 17.9. The van der Waals surface area contributed by atoms with Gasteiger partial charge in [0.2, 0.25) is 0 Å². The Kier molecular flexibility index (Phi) is 8.22. The highest BCUT2D eigenvalue weighted by Gasteiger charge is 2.11. The predicted molar refractivity (Wildman–Crippen MR) is 223 cm³/mol. The number of nitrogens with zero attached hydrogens (tertiary/aromatic N) is 3. The van der Waals surface area contributed by atoms with Gasteiger partial charge in [0.25, 0.3) is 0 Å². The minimum atomic E-state index is 0.905. The summed E-state index contributed by atoms with van der Waals surface area (Å²) in [6.07, 6.45) is 4.22. The predicted octanol–water partition coefficient (Wildman–Crippen LogP) is 13.0. The van der Waals surface area contributed by atoms with Crippen molar-refractivity contribution in [3.63, 3.8) is 0 Å². The quantitative estimate of drug-likeness (QED) is 0.124. The summed E-state index contributed by atoms with van der Waals surface area (Å²) < 4.78 is 0. The van der Waals surface area contributed by atoms with E-state index in [-0.39, 0.29) is 0 Å². The number of aromatic nitrogens is 3. The number of rotatable bonds is 7. The number of aryl methyl sites for hydroxylation is 1. The van der Waals surface area contributed by atoms with Crippen LogP contribution < -0.4 is 0 Å². The average molecular weight is 678 g/mol. The zero-order valence-corrected chi connectivity index (χ0v) is 29.4. The molecule has 0 bridgehead atoms. The first kappa shape index (κ1) is 32.0. The van der Waals surface area contributed by atoms with Crippen LogP contribution in [0.4, 0.5) is 0 Å². The van der Waals surface area contributed by atoms with E-state index in [2.05, 4.69) is 159 Å². The fourth-order valence-corrected chi connectivity index (χ4v) is 7.04. The molecule has 6 aromatic carbocycles. The molecule has 0 N–H and O–H groups in total. The Balaban J connectivity index is 1.04. The van der Waals surface area contributed by atoms with Crippen LogP contribution in [0.3, 0.4) is 0 Å². The van der Waals surface area contributed by atoms with Crippen molar-refractivity contribution >= 4 is 44.4 Å². The van der Waals surface area contributed by atoms with Crippen molar-refractivity contribution < 1.29 is 0 Å². The smallest absolute Gasteiger partial charge is 0.0972 e. The van der Waals surface area contributed by atoms with Crippen LogP contribution in [0, 0.1) is 6.92 Å². The van der Waals surface area contributed by atoms with E-state index >= 15 is 0 Å². The Labute approximate surface area is 309 Å². The van der Waals surface area contributed by atoms with Crippen molar-refractivity contribution in [2.75, 3.05) is 0 Å². The minimum Gasteiger partial charge on any atom is -0.247 e. The molecule has 0 radical (unpaired) electrons. The van der Waals surface area contributed by atoms with Crippen LogP contribution in [0.1, 0.15) is 16.7 Å². The molecule has 250 valence electrons. The summed E-state index contributed by atoms with van der Waals surface area (Å²) in [6, 6.07) is 59.1. The number of allylic oxidation sites excluding steroid dienone is 2. The first-order chi connectivity index (χ1) is 26.1. The maximum Gasteiger partial charge on any atom is 0.0972 e. The van der Waals surface area contributed by atoms with Crippen LogP contribution in [0.2, 0.25) is 0 Å². The van der Waals surface area contributed by atoms with Gasteiger partial charge < -0.3 is 0 Å². The van der Waals surface area contributed by atoms with E-state index in [0.29, 0.717) is 0 Å². The molecule has 3 aromatic heterocycles. The SMILES string of the molecule is C=C(/C=C\c1ccc2ccc(-c3cccc(-c4cccc(-c5ccc6ccc7ccc(-c8ccccc8)nc7c6n5)c4)c3)nc2c1C)c1ccccc1. The van der Waals surface area contributed by atoms with Gasteiger partial charge in [-0.1, -0.05) is 158 Å².